The van der Waals surface area contributed by atoms with Crippen LogP contribution in [0, 0.1) is 0 Å². The third-order valence-electron chi connectivity index (χ3n) is 3.67. The molecule has 21 heavy (non-hydrogen) atoms. The number of fused-ring (bicyclic) bond motifs is 1. The molecule has 0 atom stereocenters. The summed E-state index contributed by atoms with van der Waals surface area (Å²) in [5, 5.41) is 3.43. The second kappa shape index (κ2) is 6.50. The van der Waals surface area contributed by atoms with Gasteiger partial charge < -0.3 is 9.88 Å². The van der Waals surface area contributed by atoms with Crippen LogP contribution in [-0.2, 0) is 20.0 Å². The number of para-hydroxylation sites is 2. The molecule has 4 nitrogen and oxygen atoms in total. The molecule has 0 saturated heterocycles. The van der Waals surface area contributed by atoms with Crippen molar-refractivity contribution in [3.8, 4) is 0 Å². The smallest absolute Gasteiger partial charge is 0.109 e. The number of hydrogen-bond donors (Lipinski definition) is 1. The first-order valence-electron chi connectivity index (χ1n) is 7.35. The Morgan fingerprint density at radius 3 is 2.76 bits per heavy atom. The molecular formula is C17H20N4. The molecule has 0 fully saturated rings. The minimum absolute atomic E-state index is 0.823. The highest BCUT2D eigenvalue weighted by Crippen LogP contribution is 2.14. The van der Waals surface area contributed by atoms with E-state index in [4.69, 9.17) is 4.98 Å². The topological polar surface area (TPSA) is 42.7 Å². The maximum Gasteiger partial charge on any atom is 0.109 e. The van der Waals surface area contributed by atoms with E-state index in [-0.39, 0.29) is 0 Å². The number of aryl methyl sites for hydroxylation is 2. The zero-order chi connectivity index (χ0) is 14.5. The molecule has 0 spiro atoms. The van der Waals surface area contributed by atoms with E-state index in [0.29, 0.717) is 0 Å². The Hall–Kier alpha value is -2.20. The lowest BCUT2D eigenvalue weighted by Crippen LogP contribution is -2.16. The van der Waals surface area contributed by atoms with Crippen LogP contribution in [0.2, 0.25) is 0 Å². The first-order valence-corrected chi connectivity index (χ1v) is 7.35. The van der Waals surface area contributed by atoms with E-state index < -0.39 is 0 Å². The van der Waals surface area contributed by atoms with Crippen molar-refractivity contribution >= 4 is 11.0 Å². The summed E-state index contributed by atoms with van der Waals surface area (Å²) in [6, 6.07) is 14.3. The number of rotatable bonds is 6. The first kappa shape index (κ1) is 13.8. The van der Waals surface area contributed by atoms with Crippen molar-refractivity contribution in [1.29, 1.82) is 0 Å². The van der Waals surface area contributed by atoms with E-state index in [9.17, 15) is 0 Å². The normalized spacial score (nSPS) is 11.1. The maximum atomic E-state index is 4.69. The number of benzene rings is 1. The summed E-state index contributed by atoms with van der Waals surface area (Å²) in [7, 11) is 2.09. The molecule has 0 saturated carbocycles. The summed E-state index contributed by atoms with van der Waals surface area (Å²) < 4.78 is 2.19. The van der Waals surface area contributed by atoms with Gasteiger partial charge in [0.25, 0.3) is 0 Å². The van der Waals surface area contributed by atoms with Crippen LogP contribution in [0.1, 0.15) is 17.9 Å². The van der Waals surface area contributed by atoms with E-state index >= 15 is 0 Å². The van der Waals surface area contributed by atoms with E-state index in [0.717, 1.165) is 43.0 Å². The van der Waals surface area contributed by atoms with Crippen molar-refractivity contribution in [2.75, 3.05) is 6.54 Å². The summed E-state index contributed by atoms with van der Waals surface area (Å²) in [6.45, 7) is 1.79. The zero-order valence-electron chi connectivity index (χ0n) is 12.3. The predicted octanol–water partition coefficient (Wildman–Crippen LogP) is 2.69. The van der Waals surface area contributed by atoms with Crippen LogP contribution in [0.3, 0.4) is 0 Å². The molecule has 4 heteroatoms. The lowest BCUT2D eigenvalue weighted by atomic mass is 10.3. The van der Waals surface area contributed by atoms with Crippen molar-refractivity contribution in [3.63, 3.8) is 0 Å². The third-order valence-corrected chi connectivity index (χ3v) is 3.67. The average Bonchev–Trinajstić information content (AvgIpc) is 2.85. The Bertz CT molecular complexity index is 703. The highest BCUT2D eigenvalue weighted by Gasteiger charge is 2.06. The highest BCUT2D eigenvalue weighted by atomic mass is 15.1. The van der Waals surface area contributed by atoms with Gasteiger partial charge in [0.05, 0.1) is 16.7 Å². The molecular weight excluding hydrogens is 260 g/mol. The van der Waals surface area contributed by atoms with Gasteiger partial charge in [-0.25, -0.2) is 4.98 Å². The molecule has 0 aliphatic rings. The van der Waals surface area contributed by atoms with Crippen molar-refractivity contribution in [2.45, 2.75) is 19.4 Å². The van der Waals surface area contributed by atoms with Crippen LogP contribution < -0.4 is 5.32 Å². The zero-order valence-corrected chi connectivity index (χ0v) is 12.3. The Labute approximate surface area is 124 Å². The van der Waals surface area contributed by atoms with E-state index in [1.807, 2.05) is 30.5 Å². The minimum atomic E-state index is 0.823. The molecule has 1 N–H and O–H groups in total. The Balaban J connectivity index is 1.49. The molecule has 0 unspecified atom stereocenters. The summed E-state index contributed by atoms with van der Waals surface area (Å²) in [5.74, 6) is 1.15. The fourth-order valence-electron chi connectivity index (χ4n) is 2.51. The van der Waals surface area contributed by atoms with Crippen LogP contribution in [0.5, 0.6) is 0 Å². The molecule has 0 bridgehead atoms. The lowest BCUT2D eigenvalue weighted by molar-refractivity contribution is 0.624. The SMILES string of the molecule is Cn1c(CCCNCc2ccccn2)nc2ccccc21. The molecule has 2 heterocycles. The number of pyridine rings is 1. The van der Waals surface area contributed by atoms with Crippen molar-refractivity contribution in [3.05, 3.63) is 60.2 Å². The van der Waals surface area contributed by atoms with E-state index in [2.05, 4.69) is 40.1 Å². The van der Waals surface area contributed by atoms with Crippen LogP contribution in [-0.4, -0.2) is 21.1 Å². The minimum Gasteiger partial charge on any atom is -0.331 e. The van der Waals surface area contributed by atoms with Crippen LogP contribution in [0.4, 0.5) is 0 Å². The predicted molar refractivity (Wildman–Crippen MR) is 85.0 cm³/mol. The fraction of sp³-hybridized carbons (Fsp3) is 0.294. The molecule has 2 aromatic heterocycles. The largest absolute Gasteiger partial charge is 0.331 e. The quantitative estimate of drug-likeness (QED) is 0.706. The molecule has 0 radical (unpaired) electrons. The van der Waals surface area contributed by atoms with Crippen molar-refractivity contribution < 1.29 is 0 Å². The number of imidazole rings is 1. The Morgan fingerprint density at radius 2 is 1.95 bits per heavy atom. The fourth-order valence-corrected chi connectivity index (χ4v) is 2.51. The standard InChI is InChI=1S/C17H20N4/c1-21-16-9-3-2-8-15(16)20-17(21)10-6-11-18-13-14-7-4-5-12-19-14/h2-5,7-9,12,18H,6,10-11,13H2,1H3. The second-order valence-electron chi connectivity index (χ2n) is 5.18. The Morgan fingerprint density at radius 1 is 1.10 bits per heavy atom. The van der Waals surface area contributed by atoms with Gasteiger partial charge in [-0.2, -0.15) is 0 Å². The van der Waals surface area contributed by atoms with Gasteiger partial charge in [0.1, 0.15) is 5.82 Å². The van der Waals surface area contributed by atoms with Gasteiger partial charge in [-0.1, -0.05) is 18.2 Å². The van der Waals surface area contributed by atoms with Gasteiger partial charge in [0, 0.05) is 26.2 Å². The molecule has 0 amide bonds. The molecule has 0 aliphatic heterocycles. The molecule has 1 aromatic carbocycles. The maximum absolute atomic E-state index is 4.69. The van der Waals surface area contributed by atoms with Crippen molar-refractivity contribution in [1.82, 2.24) is 19.9 Å². The monoisotopic (exact) mass is 280 g/mol. The van der Waals surface area contributed by atoms with Gasteiger partial charge >= 0.3 is 0 Å². The van der Waals surface area contributed by atoms with Crippen molar-refractivity contribution in [2.24, 2.45) is 7.05 Å². The van der Waals surface area contributed by atoms with Gasteiger partial charge in [0.15, 0.2) is 0 Å². The highest BCUT2D eigenvalue weighted by molar-refractivity contribution is 5.75. The van der Waals surface area contributed by atoms with E-state index in [1.54, 1.807) is 0 Å². The number of hydrogen-bond acceptors (Lipinski definition) is 3. The number of nitrogens with one attached hydrogen (secondary N) is 1. The van der Waals surface area contributed by atoms with E-state index in [1.165, 1.54) is 5.52 Å². The summed E-state index contributed by atoms with van der Waals surface area (Å²) >= 11 is 0. The summed E-state index contributed by atoms with van der Waals surface area (Å²) in [5.41, 5.74) is 3.37. The van der Waals surface area contributed by atoms with Crippen LogP contribution in [0.25, 0.3) is 11.0 Å². The van der Waals surface area contributed by atoms with Crippen LogP contribution >= 0.6 is 0 Å². The summed E-state index contributed by atoms with van der Waals surface area (Å²) in [4.78, 5) is 8.99. The number of nitrogens with zero attached hydrogens (tertiary/aromatic N) is 3. The molecule has 3 aromatic rings. The van der Waals surface area contributed by atoms with Gasteiger partial charge in [-0.15, -0.1) is 0 Å². The first-order chi connectivity index (χ1) is 10.3. The second-order valence-corrected chi connectivity index (χ2v) is 5.18. The molecule has 108 valence electrons. The third kappa shape index (κ3) is 3.28. The molecule has 3 rings (SSSR count). The summed E-state index contributed by atoms with van der Waals surface area (Å²) in [6.07, 6.45) is 3.89. The molecule has 0 aliphatic carbocycles. The van der Waals surface area contributed by atoms with Gasteiger partial charge in [-0.3, -0.25) is 4.98 Å². The number of aromatic nitrogens is 3. The average molecular weight is 280 g/mol. The van der Waals surface area contributed by atoms with Crippen LogP contribution in [0.15, 0.2) is 48.7 Å². The Kier molecular flexibility index (Phi) is 4.26. The van der Waals surface area contributed by atoms with Gasteiger partial charge in [0.2, 0.25) is 0 Å². The van der Waals surface area contributed by atoms with Gasteiger partial charge in [-0.05, 0) is 37.2 Å². The lowest BCUT2D eigenvalue weighted by Gasteiger charge is -2.05.